The van der Waals surface area contributed by atoms with E-state index in [1.54, 1.807) is 7.11 Å². The van der Waals surface area contributed by atoms with Crippen LogP contribution in [0.3, 0.4) is 0 Å². The van der Waals surface area contributed by atoms with Gasteiger partial charge in [-0.3, -0.25) is 4.79 Å². The maximum atomic E-state index is 13.0. The Labute approximate surface area is 212 Å². The van der Waals surface area contributed by atoms with E-state index in [4.69, 9.17) is 33.2 Å². The number of hydrogen-bond donors (Lipinski definition) is 2. The van der Waals surface area contributed by atoms with Crippen molar-refractivity contribution in [1.29, 1.82) is 0 Å². The highest BCUT2D eigenvalue weighted by atomic mass is 16.9. The Balaban J connectivity index is 1.44. The van der Waals surface area contributed by atoms with Crippen molar-refractivity contribution in [3.8, 4) is 17.2 Å². The highest BCUT2D eigenvalue weighted by Crippen LogP contribution is 2.71. The van der Waals surface area contributed by atoms with Gasteiger partial charge >= 0.3 is 0 Å². The molecule has 4 heterocycles. The van der Waals surface area contributed by atoms with Crippen LogP contribution in [0.5, 0.6) is 17.2 Å². The molecule has 37 heavy (non-hydrogen) atoms. The fourth-order valence-electron chi connectivity index (χ4n) is 7.28. The third-order valence-electron chi connectivity index (χ3n) is 9.10. The van der Waals surface area contributed by atoms with Crippen LogP contribution >= 0.6 is 0 Å². The number of ether oxygens (including phenoxy) is 7. The molecule has 2 N–H and O–H groups in total. The number of ketones is 1. The van der Waals surface area contributed by atoms with Gasteiger partial charge in [0.25, 0.3) is 11.6 Å². The van der Waals surface area contributed by atoms with Crippen molar-refractivity contribution in [3.63, 3.8) is 0 Å². The quantitative estimate of drug-likeness (QED) is 0.456. The van der Waals surface area contributed by atoms with E-state index in [1.165, 1.54) is 14.2 Å². The van der Waals surface area contributed by atoms with Crippen LogP contribution in [0.15, 0.2) is 6.07 Å². The number of Topliss-reactive ketones (excluding diaryl/α,β-unsaturated/α-hetero) is 1. The molecule has 2 aromatic rings. The van der Waals surface area contributed by atoms with Gasteiger partial charge in [-0.25, -0.2) is 0 Å². The molecule has 5 atom stereocenters. The van der Waals surface area contributed by atoms with Crippen LogP contribution in [0, 0.1) is 0 Å². The first-order chi connectivity index (χ1) is 17.9. The standard InChI is InChI=1S/C27H28O10/c1-31-20-12-5-4-6-15(28)16(12)19(29)17-14(20)9-13(11-7-8-11)18-21(17)35-26(30)23-22(18)36-27(37-23,24(32-2)33-3)25(26)10-34-25/h9,11,22-24,29-30H,4-8,10H2,1-3H3/t22-,23-,25-,26-,27-/m0/s1. The molecule has 3 saturated heterocycles. The number of aliphatic hydroxyl groups is 1. The molecule has 0 unspecified atom stereocenters. The molecule has 1 saturated carbocycles. The first-order valence-electron chi connectivity index (χ1n) is 12.8. The molecule has 0 aromatic heterocycles. The van der Waals surface area contributed by atoms with Crippen LogP contribution in [-0.4, -0.2) is 73.5 Å². The van der Waals surface area contributed by atoms with Crippen LogP contribution in [0.25, 0.3) is 10.8 Å². The van der Waals surface area contributed by atoms with Gasteiger partial charge in [-0.1, -0.05) is 0 Å². The van der Waals surface area contributed by atoms with Crippen molar-refractivity contribution in [2.75, 3.05) is 27.9 Å². The summed E-state index contributed by atoms with van der Waals surface area (Å²) in [5, 5.41) is 24.7. The molecule has 0 amide bonds. The Bertz CT molecular complexity index is 1390. The van der Waals surface area contributed by atoms with Gasteiger partial charge in [0, 0.05) is 37.2 Å². The Morgan fingerprint density at radius 3 is 2.54 bits per heavy atom. The molecule has 4 fully saturated rings. The maximum absolute atomic E-state index is 13.0. The van der Waals surface area contributed by atoms with E-state index in [9.17, 15) is 15.0 Å². The SMILES string of the molecule is COc1c2c(c(O)c3c4c(c(C5CC5)cc13)[C@@H]1O[C@@]3(C(OC)OC)O[C@@H]1[C@](O)(O4)[C@@]31CO1)C(=O)CCC2. The van der Waals surface area contributed by atoms with Gasteiger partial charge in [-0.2, -0.15) is 0 Å². The molecular weight excluding hydrogens is 484 g/mol. The number of carbonyl (C=O) groups is 1. The normalized spacial score (nSPS) is 36.7. The number of fused-ring (bicyclic) bond motifs is 8. The molecule has 4 aliphatic heterocycles. The first kappa shape index (κ1) is 22.5. The van der Waals surface area contributed by atoms with E-state index in [2.05, 4.69) is 0 Å². The van der Waals surface area contributed by atoms with Crippen LogP contribution in [-0.2, 0) is 30.1 Å². The zero-order chi connectivity index (χ0) is 25.5. The van der Waals surface area contributed by atoms with Gasteiger partial charge in [0.15, 0.2) is 11.9 Å². The fraction of sp³-hybridized carbons (Fsp3) is 0.593. The van der Waals surface area contributed by atoms with Crippen LogP contribution in [0.2, 0.25) is 0 Å². The van der Waals surface area contributed by atoms with Crippen molar-refractivity contribution in [2.45, 2.75) is 73.7 Å². The average Bonchev–Trinajstić information content (AvgIpc) is 3.81. The van der Waals surface area contributed by atoms with E-state index < -0.39 is 35.7 Å². The molecule has 1 spiro atoms. The largest absolute Gasteiger partial charge is 0.506 e. The smallest absolute Gasteiger partial charge is 0.274 e. The second-order valence-electron chi connectivity index (χ2n) is 10.9. The predicted molar refractivity (Wildman–Crippen MR) is 125 cm³/mol. The molecular formula is C27H28O10. The number of carbonyl (C=O) groups excluding carboxylic acids is 1. The Kier molecular flexibility index (Phi) is 4.22. The summed E-state index contributed by atoms with van der Waals surface area (Å²) in [6, 6.07) is 2.02. The molecule has 8 rings (SSSR count). The second-order valence-corrected chi connectivity index (χ2v) is 10.9. The lowest BCUT2D eigenvalue weighted by Crippen LogP contribution is -2.69. The van der Waals surface area contributed by atoms with Crippen LogP contribution in [0.4, 0.5) is 0 Å². The first-order valence-corrected chi connectivity index (χ1v) is 12.8. The van der Waals surface area contributed by atoms with Gasteiger partial charge in [0.2, 0.25) is 11.9 Å². The Morgan fingerprint density at radius 2 is 1.89 bits per heavy atom. The summed E-state index contributed by atoms with van der Waals surface area (Å²) in [6.45, 7) is 0.106. The molecule has 10 heteroatoms. The molecule has 10 nitrogen and oxygen atoms in total. The zero-order valence-corrected chi connectivity index (χ0v) is 20.8. The predicted octanol–water partition coefficient (Wildman–Crippen LogP) is 2.59. The molecule has 6 aliphatic rings. The fourth-order valence-corrected chi connectivity index (χ4v) is 7.28. The Hall–Kier alpha value is -2.47. The lowest BCUT2D eigenvalue weighted by molar-refractivity contribution is -0.344. The van der Waals surface area contributed by atoms with Gasteiger partial charge in [0.05, 0.1) is 24.7 Å². The summed E-state index contributed by atoms with van der Waals surface area (Å²) in [5.41, 5.74) is 1.29. The van der Waals surface area contributed by atoms with Crippen molar-refractivity contribution >= 4 is 16.6 Å². The van der Waals surface area contributed by atoms with Crippen molar-refractivity contribution in [2.24, 2.45) is 0 Å². The van der Waals surface area contributed by atoms with Crippen LogP contribution in [0.1, 0.15) is 64.8 Å². The second kappa shape index (κ2) is 6.93. The van der Waals surface area contributed by atoms with Gasteiger partial charge in [-0.05, 0) is 43.2 Å². The average molecular weight is 513 g/mol. The number of phenolic OH excluding ortho intramolecular Hbond substituents is 1. The summed E-state index contributed by atoms with van der Waals surface area (Å²) in [7, 11) is 4.52. The lowest BCUT2D eigenvalue weighted by atomic mass is 9.77. The molecule has 2 aliphatic carbocycles. The third-order valence-corrected chi connectivity index (χ3v) is 9.10. The summed E-state index contributed by atoms with van der Waals surface area (Å²) >= 11 is 0. The van der Waals surface area contributed by atoms with E-state index in [0.717, 1.165) is 18.4 Å². The van der Waals surface area contributed by atoms with Crippen molar-refractivity contribution in [1.82, 2.24) is 0 Å². The number of epoxide rings is 1. The van der Waals surface area contributed by atoms with Gasteiger partial charge in [0.1, 0.15) is 23.4 Å². The number of hydrogen-bond acceptors (Lipinski definition) is 10. The number of benzene rings is 2. The number of methoxy groups -OCH3 is 3. The topological polar surface area (TPSA) is 125 Å². The minimum Gasteiger partial charge on any atom is -0.506 e. The van der Waals surface area contributed by atoms with Crippen molar-refractivity contribution in [3.05, 3.63) is 28.3 Å². The zero-order valence-electron chi connectivity index (χ0n) is 20.8. The number of rotatable bonds is 5. The van der Waals surface area contributed by atoms with Crippen LogP contribution < -0.4 is 9.47 Å². The highest BCUT2D eigenvalue weighted by molar-refractivity contribution is 6.11. The number of aromatic hydroxyl groups is 1. The summed E-state index contributed by atoms with van der Waals surface area (Å²) in [6.07, 6.45) is 1.04. The maximum Gasteiger partial charge on any atom is 0.274 e. The third kappa shape index (κ3) is 2.37. The summed E-state index contributed by atoms with van der Waals surface area (Å²) in [4.78, 5) is 13.0. The molecule has 2 bridgehead atoms. The van der Waals surface area contributed by atoms with Gasteiger partial charge in [-0.15, -0.1) is 0 Å². The lowest BCUT2D eigenvalue weighted by Gasteiger charge is -2.47. The van der Waals surface area contributed by atoms with E-state index in [1.807, 2.05) is 6.07 Å². The van der Waals surface area contributed by atoms with E-state index >= 15 is 0 Å². The summed E-state index contributed by atoms with van der Waals surface area (Å²) in [5.74, 6) is -2.67. The Morgan fingerprint density at radius 1 is 1.14 bits per heavy atom. The highest BCUT2D eigenvalue weighted by Gasteiger charge is 2.92. The van der Waals surface area contributed by atoms with E-state index in [0.29, 0.717) is 46.9 Å². The minimum absolute atomic E-state index is 0.106. The monoisotopic (exact) mass is 512 g/mol. The van der Waals surface area contributed by atoms with Gasteiger partial charge < -0.3 is 43.4 Å². The summed E-state index contributed by atoms with van der Waals surface area (Å²) < 4.78 is 42.3. The molecule has 0 radical (unpaired) electrons. The molecule has 196 valence electrons. The number of phenols is 1. The molecule has 2 aromatic carbocycles. The van der Waals surface area contributed by atoms with Crippen molar-refractivity contribution < 1.29 is 48.2 Å². The minimum atomic E-state index is -1.94. The van der Waals surface area contributed by atoms with E-state index in [-0.39, 0.29) is 35.4 Å².